The summed E-state index contributed by atoms with van der Waals surface area (Å²) in [6, 6.07) is 4.00. The van der Waals surface area contributed by atoms with E-state index in [-0.39, 0.29) is 25.6 Å². The molecular formula is C23H26F3N3O5. The number of carbonyl (C=O) groups excluding carboxylic acids is 3. The van der Waals surface area contributed by atoms with Crippen molar-refractivity contribution in [3.8, 4) is 6.07 Å². The third kappa shape index (κ3) is 3.60. The molecule has 0 spiro atoms. The van der Waals surface area contributed by atoms with Crippen LogP contribution in [0.4, 0.5) is 23.7 Å². The third-order valence-corrected chi connectivity index (χ3v) is 6.61. The summed E-state index contributed by atoms with van der Waals surface area (Å²) in [7, 11) is 0. The number of amides is 3. The first-order valence-electron chi connectivity index (χ1n) is 10.4. The lowest BCUT2D eigenvalue weighted by molar-refractivity contribution is -0.138. The number of nitrogens with one attached hydrogen (secondary N) is 1. The molecule has 3 saturated heterocycles. The number of alkyl halides is 3. The lowest BCUT2D eigenvalue weighted by Gasteiger charge is -2.34. The molecule has 11 heteroatoms. The van der Waals surface area contributed by atoms with Crippen molar-refractivity contribution in [1.82, 2.24) is 5.32 Å². The molecular weight excluding hydrogens is 455 g/mol. The number of carbonyl (C=O) groups is 3. The zero-order valence-corrected chi connectivity index (χ0v) is 18.3. The largest absolute Gasteiger partial charge is 0.443 e. The molecule has 184 valence electrons. The van der Waals surface area contributed by atoms with Crippen molar-refractivity contribution in [2.45, 2.75) is 71.1 Å². The Morgan fingerprint density at radius 2 is 1.88 bits per heavy atom. The summed E-state index contributed by atoms with van der Waals surface area (Å²) in [5.74, 6) is -3.38. The van der Waals surface area contributed by atoms with Gasteiger partial charge in [-0.3, -0.25) is 9.59 Å². The number of benzene rings is 1. The summed E-state index contributed by atoms with van der Waals surface area (Å²) in [6.07, 6.45) is -6.20. The van der Waals surface area contributed by atoms with Crippen LogP contribution in [0, 0.1) is 23.2 Å². The van der Waals surface area contributed by atoms with Crippen LogP contribution in [0.2, 0.25) is 0 Å². The predicted octanol–water partition coefficient (Wildman–Crippen LogP) is 3.77. The first-order chi connectivity index (χ1) is 15.2. The van der Waals surface area contributed by atoms with Gasteiger partial charge in [0, 0.05) is 12.5 Å². The summed E-state index contributed by atoms with van der Waals surface area (Å²) in [5, 5.41) is 11.6. The minimum Gasteiger partial charge on any atom is -0.443 e. The maximum absolute atomic E-state index is 13.4. The van der Waals surface area contributed by atoms with E-state index in [1.165, 1.54) is 6.07 Å². The highest BCUT2D eigenvalue weighted by Gasteiger charge is 2.77. The molecule has 1 aromatic rings. The molecule has 3 fully saturated rings. The number of nitriles is 1. The van der Waals surface area contributed by atoms with E-state index < -0.39 is 64.4 Å². The Morgan fingerprint density at radius 1 is 1.26 bits per heavy atom. The van der Waals surface area contributed by atoms with E-state index >= 15 is 0 Å². The fourth-order valence-electron chi connectivity index (χ4n) is 5.31. The van der Waals surface area contributed by atoms with Crippen molar-refractivity contribution in [3.05, 3.63) is 29.3 Å². The van der Waals surface area contributed by atoms with E-state index in [9.17, 15) is 27.6 Å². The minimum absolute atomic E-state index is 0. The van der Waals surface area contributed by atoms with Gasteiger partial charge in [0.1, 0.15) is 11.7 Å². The molecule has 5 atom stereocenters. The number of imide groups is 1. The molecule has 0 aliphatic carbocycles. The van der Waals surface area contributed by atoms with Gasteiger partial charge in [-0.2, -0.15) is 18.4 Å². The van der Waals surface area contributed by atoms with Crippen LogP contribution >= 0.6 is 0 Å². The first kappa shape index (κ1) is 25.5. The second-order valence-corrected chi connectivity index (χ2v) is 9.30. The Labute approximate surface area is 195 Å². The van der Waals surface area contributed by atoms with Gasteiger partial charge in [-0.15, -0.1) is 0 Å². The lowest BCUT2D eigenvalue weighted by Crippen LogP contribution is -2.52. The number of nitrogens with zero attached hydrogens (tertiary/aromatic N) is 2. The highest BCUT2D eigenvalue weighted by atomic mass is 19.4. The van der Waals surface area contributed by atoms with Gasteiger partial charge in [0.25, 0.3) is 0 Å². The summed E-state index contributed by atoms with van der Waals surface area (Å²) >= 11 is 0. The standard InChI is InChI=1S/C22H22F3N3O5.CH4/c1-10(2)27-19(31)32-14-8-20(3)15-16(21(14,4)33-20)18(30)28(17(15)29)12-6-5-11(9-26)13(7-12)22(23,24)25;/h5-7,10,14-16H,8H2,1-4H3,(H,27,31);1H4/t14-,15-,16+,20-,21+;/m1./s1. The minimum atomic E-state index is -4.84. The molecule has 0 aromatic heterocycles. The number of hydrogen-bond acceptors (Lipinski definition) is 6. The average molecular weight is 481 g/mol. The summed E-state index contributed by atoms with van der Waals surface area (Å²) in [5.41, 5.74) is -4.58. The average Bonchev–Trinajstić information content (AvgIpc) is 3.21. The molecule has 1 aromatic carbocycles. The Morgan fingerprint density at radius 3 is 2.44 bits per heavy atom. The number of ether oxygens (including phenoxy) is 2. The van der Waals surface area contributed by atoms with Crippen LogP contribution in [0.1, 0.15) is 52.7 Å². The Bertz CT molecular complexity index is 1100. The molecule has 3 heterocycles. The van der Waals surface area contributed by atoms with Gasteiger partial charge in [0.05, 0.1) is 40.3 Å². The maximum Gasteiger partial charge on any atom is 0.417 e. The first-order valence-corrected chi connectivity index (χ1v) is 10.4. The van der Waals surface area contributed by atoms with Crippen LogP contribution in [-0.4, -0.2) is 41.3 Å². The van der Waals surface area contributed by atoms with Gasteiger partial charge >= 0.3 is 12.3 Å². The van der Waals surface area contributed by atoms with Crippen LogP contribution in [0.15, 0.2) is 18.2 Å². The van der Waals surface area contributed by atoms with Crippen LogP contribution < -0.4 is 10.2 Å². The van der Waals surface area contributed by atoms with Gasteiger partial charge in [0.15, 0.2) is 0 Å². The highest BCUT2D eigenvalue weighted by molar-refractivity contribution is 6.23. The smallest absolute Gasteiger partial charge is 0.417 e. The van der Waals surface area contributed by atoms with Gasteiger partial charge in [-0.1, -0.05) is 7.43 Å². The van der Waals surface area contributed by atoms with E-state index in [2.05, 4.69) is 5.32 Å². The van der Waals surface area contributed by atoms with E-state index in [1.807, 2.05) is 0 Å². The molecule has 3 aliphatic heterocycles. The Balaban J connectivity index is 0.00000324. The number of fused-ring (bicyclic) bond motifs is 5. The summed E-state index contributed by atoms with van der Waals surface area (Å²) in [4.78, 5) is 39.6. The fourth-order valence-corrected chi connectivity index (χ4v) is 5.31. The molecule has 4 rings (SSSR count). The van der Waals surface area contributed by atoms with Crippen molar-refractivity contribution in [3.63, 3.8) is 0 Å². The molecule has 0 unspecified atom stereocenters. The van der Waals surface area contributed by atoms with Crippen molar-refractivity contribution in [2.75, 3.05) is 4.90 Å². The van der Waals surface area contributed by atoms with E-state index in [0.717, 1.165) is 17.0 Å². The molecule has 3 amide bonds. The zero-order valence-electron chi connectivity index (χ0n) is 18.3. The van der Waals surface area contributed by atoms with Crippen molar-refractivity contribution >= 4 is 23.6 Å². The third-order valence-electron chi connectivity index (χ3n) is 6.61. The number of hydrogen-bond donors (Lipinski definition) is 1. The van der Waals surface area contributed by atoms with Gasteiger partial charge in [0.2, 0.25) is 11.8 Å². The number of anilines is 1. The number of rotatable bonds is 3. The van der Waals surface area contributed by atoms with Gasteiger partial charge < -0.3 is 14.8 Å². The summed E-state index contributed by atoms with van der Waals surface area (Å²) in [6.45, 7) is 6.71. The molecule has 34 heavy (non-hydrogen) atoms. The Hall–Kier alpha value is -3.13. The molecule has 1 N–H and O–H groups in total. The molecule has 2 bridgehead atoms. The van der Waals surface area contributed by atoms with Crippen molar-refractivity contribution < 1.29 is 37.0 Å². The van der Waals surface area contributed by atoms with Gasteiger partial charge in [-0.25, -0.2) is 9.69 Å². The predicted molar refractivity (Wildman–Crippen MR) is 113 cm³/mol. The van der Waals surface area contributed by atoms with Gasteiger partial charge in [-0.05, 0) is 45.9 Å². The molecule has 0 radical (unpaired) electrons. The quantitative estimate of drug-likeness (QED) is 0.659. The highest BCUT2D eigenvalue weighted by Crippen LogP contribution is 2.61. The van der Waals surface area contributed by atoms with E-state index in [4.69, 9.17) is 14.7 Å². The second-order valence-electron chi connectivity index (χ2n) is 9.30. The Kier molecular flexibility index (Phi) is 5.98. The SMILES string of the molecule is C.CC(C)NC(=O)O[C@@H]1C[C@@]2(C)O[C@]1(C)[C@@H]1C(=O)N(c3ccc(C#N)c(C(F)(F)F)c3)C(=O)[C@@H]12. The van der Waals surface area contributed by atoms with Crippen molar-refractivity contribution in [2.24, 2.45) is 11.8 Å². The van der Waals surface area contributed by atoms with Crippen LogP contribution in [0.25, 0.3) is 0 Å². The maximum atomic E-state index is 13.4. The fraction of sp³-hybridized carbons (Fsp3) is 0.565. The van der Waals surface area contributed by atoms with Crippen molar-refractivity contribution in [1.29, 1.82) is 5.26 Å². The monoisotopic (exact) mass is 481 g/mol. The van der Waals surface area contributed by atoms with Crippen LogP contribution in [0.3, 0.4) is 0 Å². The van der Waals surface area contributed by atoms with E-state index in [1.54, 1.807) is 27.7 Å². The van der Waals surface area contributed by atoms with Crippen LogP contribution in [0.5, 0.6) is 0 Å². The van der Waals surface area contributed by atoms with Crippen LogP contribution in [-0.2, 0) is 25.2 Å². The molecule has 8 nitrogen and oxygen atoms in total. The number of halogens is 3. The second kappa shape index (κ2) is 7.98. The normalized spacial score (nSPS) is 31.9. The van der Waals surface area contributed by atoms with E-state index in [0.29, 0.717) is 6.07 Å². The molecule has 3 aliphatic rings. The lowest BCUT2D eigenvalue weighted by atomic mass is 9.67. The topological polar surface area (TPSA) is 109 Å². The summed E-state index contributed by atoms with van der Waals surface area (Å²) < 4.78 is 51.9. The molecule has 0 saturated carbocycles. The zero-order chi connectivity index (χ0) is 24.5. The number of alkyl carbamates (subject to hydrolysis) is 1.